The highest BCUT2D eigenvalue weighted by Gasteiger charge is 2.31. The number of rotatable bonds is 4. The zero-order chi connectivity index (χ0) is 18.7. The van der Waals surface area contributed by atoms with Crippen LogP contribution >= 0.6 is 11.3 Å². The number of nitrogens with one attached hydrogen (secondary N) is 1. The number of thiazole rings is 1. The van der Waals surface area contributed by atoms with Crippen LogP contribution in [-0.4, -0.2) is 53.9 Å². The summed E-state index contributed by atoms with van der Waals surface area (Å²) in [5, 5.41) is 6.04. The Morgan fingerprint density at radius 2 is 2.04 bits per heavy atom. The minimum atomic E-state index is -0.113. The molecule has 1 fully saturated rings. The number of hydrogen-bond donors (Lipinski definition) is 1. The van der Waals surface area contributed by atoms with E-state index in [9.17, 15) is 9.59 Å². The molecule has 0 aliphatic carbocycles. The van der Waals surface area contributed by atoms with Crippen LogP contribution in [-0.2, 0) is 11.3 Å². The third-order valence-electron chi connectivity index (χ3n) is 4.58. The Bertz CT molecular complexity index is 785. The second kappa shape index (κ2) is 7.86. The number of likely N-dealkylation sites (tertiary alicyclic amines) is 1. The lowest BCUT2D eigenvalue weighted by atomic mass is 10.1. The summed E-state index contributed by atoms with van der Waals surface area (Å²) >= 11 is 1.63. The molecule has 0 radical (unpaired) electrons. The first-order valence-electron chi connectivity index (χ1n) is 8.69. The number of aryl methyl sites for hydroxylation is 1. The molecule has 1 aromatic carbocycles. The Kier molecular flexibility index (Phi) is 5.56. The summed E-state index contributed by atoms with van der Waals surface area (Å²) in [7, 11) is 3.50. The molecule has 2 aromatic rings. The van der Waals surface area contributed by atoms with E-state index in [2.05, 4.69) is 10.3 Å². The number of carbonyl (C=O) groups is 2. The van der Waals surface area contributed by atoms with Gasteiger partial charge in [0.25, 0.3) is 0 Å². The lowest BCUT2D eigenvalue weighted by Crippen LogP contribution is -2.39. The van der Waals surface area contributed by atoms with Crippen LogP contribution in [0, 0.1) is 12.8 Å². The predicted molar refractivity (Wildman–Crippen MR) is 103 cm³/mol. The molecule has 0 bridgehead atoms. The fraction of sp³-hybridized carbons (Fsp3) is 0.421. The Hall–Kier alpha value is -2.41. The van der Waals surface area contributed by atoms with Gasteiger partial charge in [-0.3, -0.25) is 4.79 Å². The Morgan fingerprint density at radius 3 is 2.65 bits per heavy atom. The van der Waals surface area contributed by atoms with E-state index in [-0.39, 0.29) is 17.9 Å². The van der Waals surface area contributed by atoms with Crippen molar-refractivity contribution in [2.75, 3.05) is 27.2 Å². The van der Waals surface area contributed by atoms with Crippen LogP contribution < -0.4 is 5.32 Å². The summed E-state index contributed by atoms with van der Waals surface area (Å²) in [5.74, 6) is 0.00441. The highest BCUT2D eigenvalue weighted by atomic mass is 32.1. The Labute approximate surface area is 157 Å². The molecule has 1 aliphatic rings. The van der Waals surface area contributed by atoms with Crippen molar-refractivity contribution in [3.8, 4) is 11.3 Å². The van der Waals surface area contributed by atoms with Crippen molar-refractivity contribution in [1.82, 2.24) is 20.1 Å². The van der Waals surface area contributed by atoms with E-state index in [4.69, 9.17) is 0 Å². The van der Waals surface area contributed by atoms with Crippen molar-refractivity contribution >= 4 is 23.3 Å². The molecule has 3 rings (SSSR count). The molecule has 1 aromatic heterocycles. The monoisotopic (exact) mass is 372 g/mol. The number of amides is 3. The van der Waals surface area contributed by atoms with Gasteiger partial charge in [0.1, 0.15) is 0 Å². The molecule has 1 unspecified atom stereocenters. The van der Waals surface area contributed by atoms with Crippen molar-refractivity contribution in [2.24, 2.45) is 5.92 Å². The molecule has 1 aliphatic heterocycles. The van der Waals surface area contributed by atoms with Crippen molar-refractivity contribution in [3.63, 3.8) is 0 Å². The topological polar surface area (TPSA) is 65.5 Å². The smallest absolute Gasteiger partial charge is 0.317 e. The van der Waals surface area contributed by atoms with Crippen molar-refractivity contribution < 1.29 is 9.59 Å². The summed E-state index contributed by atoms with van der Waals surface area (Å²) in [6.07, 6.45) is 0.728. The molecule has 0 spiro atoms. The van der Waals surface area contributed by atoms with Crippen molar-refractivity contribution in [3.05, 3.63) is 40.2 Å². The highest BCUT2D eigenvalue weighted by molar-refractivity contribution is 7.09. The standard InChI is InChI=1S/C19H24N4O2S/c1-13-21-17(12-26-13)15-6-4-14(5-7-15)10-20-19(25)23-9-8-16(11-23)18(24)22(2)3/h4-7,12,16H,8-11H2,1-3H3,(H,20,25). The van der Waals surface area contributed by atoms with Gasteiger partial charge < -0.3 is 15.1 Å². The molecule has 1 N–H and O–H groups in total. The lowest BCUT2D eigenvalue weighted by molar-refractivity contribution is -0.132. The van der Waals surface area contributed by atoms with Crippen LogP contribution in [0.3, 0.4) is 0 Å². The number of carbonyl (C=O) groups excluding carboxylic acids is 2. The molecule has 3 amide bonds. The fourth-order valence-electron chi connectivity index (χ4n) is 3.09. The van der Waals surface area contributed by atoms with Gasteiger partial charge in [-0.15, -0.1) is 11.3 Å². The zero-order valence-electron chi connectivity index (χ0n) is 15.4. The van der Waals surface area contributed by atoms with Crippen LogP contribution in [0.2, 0.25) is 0 Å². The van der Waals surface area contributed by atoms with Crippen LogP contribution in [0.5, 0.6) is 0 Å². The van der Waals surface area contributed by atoms with Crippen LogP contribution in [0.15, 0.2) is 29.6 Å². The number of aromatic nitrogens is 1. The summed E-state index contributed by atoms with van der Waals surface area (Å²) in [6, 6.07) is 7.95. The van der Waals surface area contributed by atoms with Gasteiger partial charge in [-0.25, -0.2) is 9.78 Å². The summed E-state index contributed by atoms with van der Waals surface area (Å²) < 4.78 is 0. The van der Waals surface area contributed by atoms with Gasteiger partial charge in [0.15, 0.2) is 0 Å². The van der Waals surface area contributed by atoms with Gasteiger partial charge in [-0.1, -0.05) is 24.3 Å². The van der Waals surface area contributed by atoms with Crippen molar-refractivity contribution in [2.45, 2.75) is 19.9 Å². The molecule has 138 valence electrons. The molecule has 0 saturated carbocycles. The number of nitrogens with zero attached hydrogens (tertiary/aromatic N) is 3. The average molecular weight is 372 g/mol. The maximum absolute atomic E-state index is 12.3. The van der Waals surface area contributed by atoms with E-state index < -0.39 is 0 Å². The second-order valence-electron chi connectivity index (χ2n) is 6.77. The average Bonchev–Trinajstić information content (AvgIpc) is 3.28. The maximum Gasteiger partial charge on any atom is 0.317 e. The van der Waals surface area contributed by atoms with Crippen molar-refractivity contribution in [1.29, 1.82) is 0 Å². The van der Waals surface area contributed by atoms with Crippen LogP contribution in [0.25, 0.3) is 11.3 Å². The third kappa shape index (κ3) is 4.22. The van der Waals surface area contributed by atoms with E-state index >= 15 is 0 Å². The fourth-order valence-corrected chi connectivity index (χ4v) is 3.71. The van der Waals surface area contributed by atoms with E-state index in [1.165, 1.54) is 0 Å². The van der Waals surface area contributed by atoms with Gasteiger partial charge in [-0.2, -0.15) is 0 Å². The van der Waals surface area contributed by atoms with E-state index in [1.54, 1.807) is 35.2 Å². The molecule has 6 nitrogen and oxygen atoms in total. The number of benzene rings is 1. The Balaban J connectivity index is 1.51. The van der Waals surface area contributed by atoms with Crippen LogP contribution in [0.4, 0.5) is 4.79 Å². The number of urea groups is 1. The minimum Gasteiger partial charge on any atom is -0.349 e. The van der Waals surface area contributed by atoms with Gasteiger partial charge in [0, 0.05) is 44.7 Å². The highest BCUT2D eigenvalue weighted by Crippen LogP contribution is 2.22. The van der Waals surface area contributed by atoms with Gasteiger partial charge >= 0.3 is 6.03 Å². The van der Waals surface area contributed by atoms with E-state index in [0.29, 0.717) is 19.6 Å². The lowest BCUT2D eigenvalue weighted by Gasteiger charge is -2.19. The molecule has 7 heteroatoms. The molecule has 1 atom stereocenters. The quantitative estimate of drug-likeness (QED) is 0.897. The largest absolute Gasteiger partial charge is 0.349 e. The SMILES string of the molecule is Cc1nc(-c2ccc(CNC(=O)N3CCC(C(=O)N(C)C)C3)cc2)cs1. The third-order valence-corrected chi connectivity index (χ3v) is 5.35. The first-order chi connectivity index (χ1) is 12.4. The maximum atomic E-state index is 12.3. The Morgan fingerprint density at radius 1 is 1.31 bits per heavy atom. The minimum absolute atomic E-state index is 0.0865. The first kappa shape index (κ1) is 18.4. The molecular formula is C19H24N4O2S. The molecule has 2 heterocycles. The normalized spacial score (nSPS) is 16.6. The van der Waals surface area contributed by atoms with E-state index in [1.807, 2.05) is 36.6 Å². The summed E-state index contributed by atoms with van der Waals surface area (Å²) in [4.78, 5) is 32.1. The van der Waals surface area contributed by atoms with Crippen LogP contribution in [0.1, 0.15) is 17.0 Å². The summed E-state index contributed by atoms with van der Waals surface area (Å²) in [5.41, 5.74) is 3.10. The predicted octanol–water partition coefficient (Wildman–Crippen LogP) is 2.74. The molecule has 1 saturated heterocycles. The number of hydrogen-bond acceptors (Lipinski definition) is 4. The second-order valence-corrected chi connectivity index (χ2v) is 7.83. The molecular weight excluding hydrogens is 348 g/mol. The molecule has 26 heavy (non-hydrogen) atoms. The van der Waals surface area contributed by atoms with E-state index in [0.717, 1.165) is 28.2 Å². The summed E-state index contributed by atoms with van der Waals surface area (Å²) in [6.45, 7) is 3.58. The van der Waals surface area contributed by atoms with Gasteiger partial charge in [0.2, 0.25) is 5.91 Å². The van der Waals surface area contributed by atoms with Gasteiger partial charge in [0.05, 0.1) is 16.6 Å². The zero-order valence-corrected chi connectivity index (χ0v) is 16.2. The first-order valence-corrected chi connectivity index (χ1v) is 9.57. The van der Waals surface area contributed by atoms with Gasteiger partial charge in [-0.05, 0) is 18.9 Å².